The summed E-state index contributed by atoms with van der Waals surface area (Å²) in [6, 6.07) is 9.70. The van der Waals surface area contributed by atoms with Crippen LogP contribution in [0.5, 0.6) is 5.75 Å². The van der Waals surface area contributed by atoms with Gasteiger partial charge in [0.2, 0.25) is 5.91 Å². The van der Waals surface area contributed by atoms with Crippen LogP contribution in [0.3, 0.4) is 0 Å². The maximum atomic E-state index is 13.4. The fraction of sp³-hybridized carbons (Fsp3) is 0.500. The van der Waals surface area contributed by atoms with Crippen LogP contribution < -0.4 is 15.6 Å². The number of fused-ring (bicyclic) bond motifs is 1. The average molecular weight is 523 g/mol. The number of methoxy groups -OCH3 is 1. The van der Waals surface area contributed by atoms with Crippen LogP contribution in [-0.4, -0.2) is 46.5 Å². The quantitative estimate of drug-likeness (QED) is 0.438. The Morgan fingerprint density at radius 1 is 1.13 bits per heavy atom. The molecule has 206 valence electrons. The van der Waals surface area contributed by atoms with E-state index < -0.39 is 0 Å². The summed E-state index contributed by atoms with van der Waals surface area (Å²) in [5.74, 6) is 0.932. The molecule has 4 rings (SSSR count). The van der Waals surface area contributed by atoms with Crippen LogP contribution >= 0.6 is 0 Å². The van der Waals surface area contributed by atoms with Crippen LogP contribution in [0.15, 0.2) is 35.1 Å². The predicted molar refractivity (Wildman–Crippen MR) is 152 cm³/mol. The van der Waals surface area contributed by atoms with E-state index in [4.69, 9.17) is 4.74 Å². The van der Waals surface area contributed by atoms with E-state index in [-0.39, 0.29) is 23.9 Å². The van der Waals surface area contributed by atoms with Gasteiger partial charge >= 0.3 is 0 Å². The second-order valence-electron chi connectivity index (χ2n) is 9.67. The van der Waals surface area contributed by atoms with Gasteiger partial charge in [-0.15, -0.1) is 0 Å². The van der Waals surface area contributed by atoms with Gasteiger partial charge in [-0.1, -0.05) is 39.0 Å². The molecule has 0 unspecified atom stereocenters. The van der Waals surface area contributed by atoms with E-state index in [1.807, 2.05) is 56.9 Å². The number of benzene rings is 1. The van der Waals surface area contributed by atoms with Crippen molar-refractivity contribution in [1.82, 2.24) is 19.8 Å². The number of aromatic nitrogens is 2. The third kappa shape index (κ3) is 6.29. The molecule has 0 bridgehead atoms. The van der Waals surface area contributed by atoms with E-state index in [0.717, 1.165) is 55.5 Å². The zero-order valence-electron chi connectivity index (χ0n) is 23.6. The van der Waals surface area contributed by atoms with Crippen molar-refractivity contribution < 1.29 is 14.3 Å². The number of nitrogens with one attached hydrogen (secondary N) is 2. The molecule has 3 aromatic rings. The Morgan fingerprint density at radius 3 is 2.47 bits per heavy atom. The van der Waals surface area contributed by atoms with Crippen molar-refractivity contribution >= 4 is 22.7 Å². The summed E-state index contributed by atoms with van der Waals surface area (Å²) in [4.78, 5) is 42.9. The Kier molecular flexibility index (Phi) is 10.2. The molecule has 0 aliphatic carbocycles. The highest BCUT2D eigenvalue weighted by molar-refractivity contribution is 6.08. The fourth-order valence-electron chi connectivity index (χ4n) is 5.24. The largest absolute Gasteiger partial charge is 0.496 e. The molecule has 38 heavy (non-hydrogen) atoms. The minimum Gasteiger partial charge on any atom is -0.496 e. The van der Waals surface area contributed by atoms with Crippen LogP contribution in [0.25, 0.3) is 10.9 Å². The number of hydrogen-bond donors (Lipinski definition) is 2. The number of carbonyl (C=O) groups excluding carboxylic acids is 2. The fourth-order valence-corrected chi connectivity index (χ4v) is 5.24. The molecular formula is C30H42N4O4. The first kappa shape index (κ1) is 29.0. The summed E-state index contributed by atoms with van der Waals surface area (Å²) in [6.07, 6.45) is 3.41. The topological polar surface area (TPSA) is 96.4 Å². The van der Waals surface area contributed by atoms with E-state index in [1.54, 1.807) is 13.0 Å². The van der Waals surface area contributed by atoms with Crippen LogP contribution in [0, 0.1) is 19.8 Å². The highest BCUT2D eigenvalue weighted by Crippen LogP contribution is 2.29. The summed E-state index contributed by atoms with van der Waals surface area (Å²) in [5, 5.41) is 3.83. The third-order valence-electron chi connectivity index (χ3n) is 7.21. The number of aryl methyl sites for hydroxylation is 1. The van der Waals surface area contributed by atoms with Crippen molar-refractivity contribution in [3.63, 3.8) is 0 Å². The first-order valence-corrected chi connectivity index (χ1v) is 13.7. The van der Waals surface area contributed by atoms with Crippen molar-refractivity contribution in [1.29, 1.82) is 0 Å². The number of rotatable bonds is 8. The molecule has 1 aromatic carbocycles. The zero-order valence-corrected chi connectivity index (χ0v) is 23.6. The number of carbonyl (C=O) groups is 2. The number of nitrogens with zero attached hydrogens (tertiary/aromatic N) is 2. The first-order chi connectivity index (χ1) is 18.3. The molecule has 1 aliphatic rings. The van der Waals surface area contributed by atoms with Crippen LogP contribution in [-0.2, 0) is 17.9 Å². The highest BCUT2D eigenvalue weighted by Gasteiger charge is 2.26. The molecule has 1 fully saturated rings. The lowest BCUT2D eigenvalue weighted by atomic mass is 9.96. The van der Waals surface area contributed by atoms with Gasteiger partial charge in [-0.05, 0) is 51.2 Å². The minimum atomic E-state index is -0.268. The summed E-state index contributed by atoms with van der Waals surface area (Å²) >= 11 is 0. The Bertz CT molecular complexity index is 1320. The number of amides is 2. The summed E-state index contributed by atoms with van der Waals surface area (Å²) in [7, 11) is 1.52. The van der Waals surface area contributed by atoms with Crippen LogP contribution in [0.2, 0.25) is 0 Å². The van der Waals surface area contributed by atoms with Crippen LogP contribution in [0.4, 0.5) is 0 Å². The molecule has 0 spiro atoms. The van der Waals surface area contributed by atoms with E-state index in [2.05, 4.69) is 14.9 Å². The van der Waals surface area contributed by atoms with Crippen molar-refractivity contribution in [3.8, 4) is 5.75 Å². The lowest BCUT2D eigenvalue weighted by molar-refractivity contribution is -0.132. The first-order valence-electron chi connectivity index (χ1n) is 13.7. The SMILES string of the molecule is CC.CCCC(=O)N1CCC(Cn2c(C)c(C(=O)NCc3c(OC)cc(C)[nH]c3=O)c3ccccc32)CC1. The van der Waals surface area contributed by atoms with Crippen molar-refractivity contribution in [2.24, 2.45) is 5.92 Å². The monoisotopic (exact) mass is 522 g/mol. The summed E-state index contributed by atoms with van der Waals surface area (Å²) in [6.45, 7) is 12.3. The highest BCUT2D eigenvalue weighted by atomic mass is 16.5. The smallest absolute Gasteiger partial charge is 0.256 e. The Balaban J connectivity index is 0.00000195. The van der Waals surface area contributed by atoms with E-state index in [9.17, 15) is 14.4 Å². The van der Waals surface area contributed by atoms with Crippen molar-refractivity contribution in [2.45, 2.75) is 73.4 Å². The Hall–Kier alpha value is -3.55. The molecule has 8 heteroatoms. The van der Waals surface area contributed by atoms with Crippen molar-refractivity contribution in [2.75, 3.05) is 20.2 Å². The van der Waals surface area contributed by atoms with Crippen molar-refractivity contribution in [3.05, 3.63) is 63.2 Å². The summed E-state index contributed by atoms with van der Waals surface area (Å²) in [5.41, 5.74) is 3.38. The number of H-pyrrole nitrogens is 1. The van der Waals surface area contributed by atoms with Gasteiger partial charge in [0.25, 0.3) is 11.5 Å². The normalized spacial score (nSPS) is 13.7. The van der Waals surface area contributed by atoms with Crippen LogP contribution in [0.1, 0.15) is 73.8 Å². The lowest BCUT2D eigenvalue weighted by Crippen LogP contribution is -2.39. The minimum absolute atomic E-state index is 0.0703. The molecule has 8 nitrogen and oxygen atoms in total. The van der Waals surface area contributed by atoms with E-state index in [0.29, 0.717) is 34.9 Å². The number of hydrogen-bond acceptors (Lipinski definition) is 4. The number of piperidine rings is 1. The Labute approximate surface area is 225 Å². The number of para-hydroxylation sites is 1. The molecule has 0 atom stereocenters. The van der Waals surface area contributed by atoms with Gasteiger partial charge in [0.1, 0.15) is 5.75 Å². The molecule has 2 amide bonds. The second-order valence-corrected chi connectivity index (χ2v) is 9.67. The van der Waals surface area contributed by atoms with Gasteiger partial charge in [-0.25, -0.2) is 0 Å². The number of likely N-dealkylation sites (tertiary alicyclic amines) is 1. The molecule has 3 heterocycles. The molecule has 2 aromatic heterocycles. The maximum Gasteiger partial charge on any atom is 0.256 e. The van der Waals surface area contributed by atoms with Gasteiger partial charge in [0.15, 0.2) is 0 Å². The van der Waals surface area contributed by atoms with E-state index in [1.165, 1.54) is 7.11 Å². The standard InChI is InChI=1S/C28H36N4O4.C2H6/c1-5-8-25(33)31-13-11-20(12-14-31)17-32-19(3)26(21-9-6-7-10-23(21)32)28(35)29-16-22-24(36-4)15-18(2)30-27(22)34;1-2/h6-7,9-10,15,20H,5,8,11-14,16-17H2,1-4H3,(H,29,35)(H,30,34);1-2H3. The molecule has 0 radical (unpaired) electrons. The van der Waals surface area contributed by atoms with Gasteiger partial charge < -0.3 is 24.5 Å². The summed E-state index contributed by atoms with van der Waals surface area (Å²) < 4.78 is 7.60. The second kappa shape index (κ2) is 13.3. The van der Waals surface area contributed by atoms with E-state index >= 15 is 0 Å². The third-order valence-corrected chi connectivity index (χ3v) is 7.21. The average Bonchev–Trinajstić information content (AvgIpc) is 3.20. The number of aromatic amines is 1. The molecule has 1 aliphatic heterocycles. The number of pyridine rings is 1. The van der Waals surface area contributed by atoms with Gasteiger partial charge in [-0.2, -0.15) is 0 Å². The zero-order chi connectivity index (χ0) is 27.8. The molecule has 2 N–H and O–H groups in total. The lowest BCUT2D eigenvalue weighted by Gasteiger charge is -2.32. The molecular weight excluding hydrogens is 480 g/mol. The maximum absolute atomic E-state index is 13.4. The predicted octanol–water partition coefficient (Wildman–Crippen LogP) is 4.95. The molecule has 1 saturated heterocycles. The van der Waals surface area contributed by atoms with Gasteiger partial charge in [0, 0.05) is 48.3 Å². The van der Waals surface area contributed by atoms with Gasteiger partial charge in [0.05, 0.1) is 24.8 Å². The Morgan fingerprint density at radius 2 is 1.82 bits per heavy atom. The number of ether oxygens (including phenoxy) is 1. The van der Waals surface area contributed by atoms with Gasteiger partial charge in [-0.3, -0.25) is 14.4 Å². The molecule has 0 saturated carbocycles.